The monoisotopic (exact) mass is 241 g/mol. The molecule has 1 heterocycles. The Labute approximate surface area is 86.4 Å². The molecule has 0 spiro atoms. The summed E-state index contributed by atoms with van der Waals surface area (Å²) in [7, 11) is 0. The highest BCUT2D eigenvalue weighted by molar-refractivity contribution is 9.10. The predicted octanol–water partition coefficient (Wildman–Crippen LogP) is 2.89. The summed E-state index contributed by atoms with van der Waals surface area (Å²) in [5, 5.41) is 3.36. The Balaban J connectivity index is 2.30. The lowest BCUT2D eigenvalue weighted by molar-refractivity contribution is 0.275. The summed E-state index contributed by atoms with van der Waals surface area (Å²) >= 11 is 3.42. The van der Waals surface area contributed by atoms with Crippen LogP contribution in [0.1, 0.15) is 6.92 Å². The molecule has 1 N–H and O–H groups in total. The Kier molecular flexibility index (Phi) is 2.44. The number of halogens is 1. The van der Waals surface area contributed by atoms with E-state index in [2.05, 4.69) is 28.2 Å². The average molecular weight is 242 g/mol. The third kappa shape index (κ3) is 1.97. The van der Waals surface area contributed by atoms with Crippen molar-refractivity contribution in [3.8, 4) is 5.75 Å². The van der Waals surface area contributed by atoms with Crippen LogP contribution in [0.2, 0.25) is 0 Å². The molecule has 0 fully saturated rings. The molecular weight excluding hydrogens is 230 g/mol. The molecule has 0 aromatic heterocycles. The summed E-state index contributed by atoms with van der Waals surface area (Å²) in [6.45, 7) is 3.94. The van der Waals surface area contributed by atoms with Gasteiger partial charge in [0.1, 0.15) is 5.75 Å². The van der Waals surface area contributed by atoms with E-state index in [4.69, 9.17) is 4.74 Å². The van der Waals surface area contributed by atoms with Gasteiger partial charge < -0.3 is 10.1 Å². The molecule has 1 aromatic rings. The van der Waals surface area contributed by atoms with E-state index in [0.29, 0.717) is 5.92 Å². The normalized spacial score (nSPS) is 20.9. The number of fused-ring (bicyclic) bond motifs is 1. The van der Waals surface area contributed by atoms with Gasteiger partial charge in [-0.3, -0.25) is 0 Å². The minimum atomic E-state index is 0.561. The smallest absolute Gasteiger partial charge is 0.143 e. The fraction of sp³-hybridized carbons (Fsp3) is 0.400. The van der Waals surface area contributed by atoms with Gasteiger partial charge >= 0.3 is 0 Å². The van der Waals surface area contributed by atoms with Gasteiger partial charge in [-0.1, -0.05) is 22.9 Å². The van der Waals surface area contributed by atoms with Crippen LogP contribution in [-0.4, -0.2) is 13.2 Å². The highest BCUT2D eigenvalue weighted by atomic mass is 79.9. The SMILES string of the molecule is CC1CNc2ccc(Br)cc2OC1. The second kappa shape index (κ2) is 3.58. The van der Waals surface area contributed by atoms with Gasteiger partial charge in [-0.05, 0) is 18.2 Å². The zero-order chi connectivity index (χ0) is 9.26. The molecule has 1 aliphatic rings. The maximum absolute atomic E-state index is 5.65. The van der Waals surface area contributed by atoms with Crippen LogP contribution < -0.4 is 10.1 Å². The Morgan fingerprint density at radius 1 is 1.54 bits per heavy atom. The highest BCUT2D eigenvalue weighted by Gasteiger charge is 2.12. The zero-order valence-electron chi connectivity index (χ0n) is 7.51. The van der Waals surface area contributed by atoms with E-state index in [1.165, 1.54) is 0 Å². The highest BCUT2D eigenvalue weighted by Crippen LogP contribution is 2.30. The van der Waals surface area contributed by atoms with E-state index >= 15 is 0 Å². The Morgan fingerprint density at radius 3 is 3.23 bits per heavy atom. The van der Waals surface area contributed by atoms with Gasteiger partial charge in [-0.2, -0.15) is 0 Å². The third-order valence-corrected chi connectivity index (χ3v) is 2.60. The fourth-order valence-electron chi connectivity index (χ4n) is 1.34. The van der Waals surface area contributed by atoms with Gasteiger partial charge in [-0.15, -0.1) is 0 Å². The van der Waals surface area contributed by atoms with E-state index < -0.39 is 0 Å². The molecule has 0 amide bonds. The molecular formula is C10H12BrNO. The summed E-state index contributed by atoms with van der Waals surface area (Å²) in [5.41, 5.74) is 1.09. The number of ether oxygens (including phenoxy) is 1. The maximum atomic E-state index is 5.65. The van der Waals surface area contributed by atoms with Crippen molar-refractivity contribution in [2.45, 2.75) is 6.92 Å². The van der Waals surface area contributed by atoms with Gasteiger partial charge in [0.25, 0.3) is 0 Å². The van der Waals surface area contributed by atoms with Crippen molar-refractivity contribution in [1.82, 2.24) is 0 Å². The summed E-state index contributed by atoms with van der Waals surface area (Å²) in [6.07, 6.45) is 0. The first-order valence-electron chi connectivity index (χ1n) is 4.42. The molecule has 0 bridgehead atoms. The number of hydrogen-bond acceptors (Lipinski definition) is 2. The fourth-order valence-corrected chi connectivity index (χ4v) is 1.68. The largest absolute Gasteiger partial charge is 0.491 e. The maximum Gasteiger partial charge on any atom is 0.143 e. The number of hydrogen-bond donors (Lipinski definition) is 1. The molecule has 1 aliphatic heterocycles. The molecule has 2 nitrogen and oxygen atoms in total. The lowest BCUT2D eigenvalue weighted by atomic mass is 10.2. The lowest BCUT2D eigenvalue weighted by Crippen LogP contribution is -2.13. The van der Waals surface area contributed by atoms with Crippen molar-refractivity contribution in [3.05, 3.63) is 22.7 Å². The lowest BCUT2D eigenvalue weighted by Gasteiger charge is -2.07. The van der Waals surface area contributed by atoms with Gasteiger partial charge in [-0.25, -0.2) is 0 Å². The number of benzene rings is 1. The Bertz CT molecular complexity index is 314. The minimum absolute atomic E-state index is 0.561. The molecule has 1 unspecified atom stereocenters. The summed E-state index contributed by atoms with van der Waals surface area (Å²) in [4.78, 5) is 0. The molecule has 0 aliphatic carbocycles. The van der Waals surface area contributed by atoms with E-state index in [-0.39, 0.29) is 0 Å². The standard InChI is InChI=1S/C10H12BrNO/c1-7-5-12-9-3-2-8(11)4-10(9)13-6-7/h2-4,7,12H,5-6H2,1H3. The first kappa shape index (κ1) is 8.88. The van der Waals surface area contributed by atoms with Crippen molar-refractivity contribution in [3.63, 3.8) is 0 Å². The van der Waals surface area contributed by atoms with Gasteiger partial charge in [0, 0.05) is 16.9 Å². The van der Waals surface area contributed by atoms with Crippen LogP contribution in [0, 0.1) is 5.92 Å². The minimum Gasteiger partial charge on any atom is -0.491 e. The Hall–Kier alpha value is -0.700. The number of nitrogens with one attached hydrogen (secondary N) is 1. The van der Waals surface area contributed by atoms with Crippen LogP contribution in [0.5, 0.6) is 5.75 Å². The molecule has 70 valence electrons. The summed E-state index contributed by atoms with van der Waals surface area (Å²) < 4.78 is 6.71. The second-order valence-corrected chi connectivity index (χ2v) is 4.35. The van der Waals surface area contributed by atoms with Crippen LogP contribution in [0.3, 0.4) is 0 Å². The number of anilines is 1. The van der Waals surface area contributed by atoms with E-state index in [1.54, 1.807) is 0 Å². The molecule has 0 saturated carbocycles. The average Bonchev–Trinajstić information content (AvgIpc) is 2.29. The van der Waals surface area contributed by atoms with Crippen molar-refractivity contribution >= 4 is 21.6 Å². The van der Waals surface area contributed by atoms with Crippen LogP contribution in [0.4, 0.5) is 5.69 Å². The first-order chi connectivity index (χ1) is 6.25. The van der Waals surface area contributed by atoms with Gasteiger partial charge in [0.2, 0.25) is 0 Å². The summed E-state index contributed by atoms with van der Waals surface area (Å²) in [5.74, 6) is 1.50. The molecule has 3 heteroatoms. The molecule has 0 saturated heterocycles. The third-order valence-electron chi connectivity index (χ3n) is 2.11. The molecule has 0 radical (unpaired) electrons. The van der Waals surface area contributed by atoms with E-state index in [1.807, 2.05) is 18.2 Å². The van der Waals surface area contributed by atoms with E-state index in [9.17, 15) is 0 Å². The van der Waals surface area contributed by atoms with Crippen molar-refractivity contribution < 1.29 is 4.74 Å². The van der Waals surface area contributed by atoms with Crippen LogP contribution in [0.15, 0.2) is 22.7 Å². The van der Waals surface area contributed by atoms with Crippen LogP contribution in [0.25, 0.3) is 0 Å². The number of rotatable bonds is 0. The van der Waals surface area contributed by atoms with Gasteiger partial charge in [0.15, 0.2) is 0 Å². The topological polar surface area (TPSA) is 21.3 Å². The summed E-state index contributed by atoms with van der Waals surface area (Å²) in [6, 6.07) is 6.06. The van der Waals surface area contributed by atoms with Crippen molar-refractivity contribution in [2.75, 3.05) is 18.5 Å². The molecule has 2 rings (SSSR count). The zero-order valence-corrected chi connectivity index (χ0v) is 9.10. The van der Waals surface area contributed by atoms with Crippen LogP contribution >= 0.6 is 15.9 Å². The van der Waals surface area contributed by atoms with Crippen LogP contribution in [-0.2, 0) is 0 Å². The predicted molar refractivity (Wildman–Crippen MR) is 57.3 cm³/mol. The first-order valence-corrected chi connectivity index (χ1v) is 5.21. The van der Waals surface area contributed by atoms with Gasteiger partial charge in [0.05, 0.1) is 12.3 Å². The molecule has 13 heavy (non-hydrogen) atoms. The van der Waals surface area contributed by atoms with Crippen molar-refractivity contribution in [1.29, 1.82) is 0 Å². The molecule has 1 atom stereocenters. The van der Waals surface area contributed by atoms with E-state index in [0.717, 1.165) is 29.1 Å². The Morgan fingerprint density at radius 2 is 2.38 bits per heavy atom. The van der Waals surface area contributed by atoms with Crippen molar-refractivity contribution in [2.24, 2.45) is 5.92 Å². The molecule has 1 aromatic carbocycles. The quantitative estimate of drug-likeness (QED) is 0.755. The second-order valence-electron chi connectivity index (χ2n) is 3.44.